The predicted molar refractivity (Wildman–Crippen MR) is 43.8 cm³/mol. The predicted octanol–water partition coefficient (Wildman–Crippen LogP) is 1.18. The minimum absolute atomic E-state index is 0.549. The molecule has 0 aliphatic carbocycles. The Morgan fingerprint density at radius 2 is 1.78 bits per heavy atom. The van der Waals surface area contributed by atoms with E-state index in [0.717, 1.165) is 0 Å². The molecule has 1 aromatic rings. The molecule has 0 N–H and O–H groups in total. The van der Waals surface area contributed by atoms with Crippen molar-refractivity contribution in [1.29, 1.82) is 0 Å². The summed E-state index contributed by atoms with van der Waals surface area (Å²) in [4.78, 5) is 0. The fraction of sp³-hybridized carbons (Fsp3) is 0.250. The first kappa shape index (κ1) is 6.56. The molecule has 0 saturated heterocycles. The molecule has 0 nitrogen and oxygen atoms in total. The van der Waals surface area contributed by atoms with Gasteiger partial charge in [-0.2, -0.15) is 0 Å². The third-order valence-electron chi connectivity index (χ3n) is 1.41. The Bertz CT molecular complexity index is 167. The van der Waals surface area contributed by atoms with Crippen molar-refractivity contribution in [3.05, 3.63) is 30.3 Å². The molecule has 9 heavy (non-hydrogen) atoms. The topological polar surface area (TPSA) is 0 Å². The van der Waals surface area contributed by atoms with E-state index < -0.39 is 8.80 Å². The average Bonchev–Trinajstić information content (AvgIpc) is 1.90. The first-order chi connectivity index (χ1) is 4.30. The Balaban J connectivity index is 2.85. The van der Waals surface area contributed by atoms with Crippen molar-refractivity contribution >= 4 is 14.0 Å². The maximum absolute atomic E-state index is 3.01. The van der Waals surface area contributed by atoms with Crippen molar-refractivity contribution in [3.63, 3.8) is 0 Å². The van der Waals surface area contributed by atoms with E-state index in [0.29, 0.717) is 0 Å². The van der Waals surface area contributed by atoms with Gasteiger partial charge in [-0.15, -0.1) is 0 Å². The van der Waals surface area contributed by atoms with Crippen molar-refractivity contribution in [2.45, 2.75) is 13.1 Å². The Hall–Kier alpha value is -0.563. The molecule has 1 radical (unpaired) electrons. The lowest BCUT2D eigenvalue weighted by Crippen LogP contribution is -2.21. The monoisotopic (exact) mass is 135 g/mol. The average molecular weight is 135 g/mol. The number of benzene rings is 1. The highest BCUT2D eigenvalue weighted by atomic mass is 28.3. The van der Waals surface area contributed by atoms with Gasteiger partial charge in [0.05, 0.1) is 8.80 Å². The molecule has 0 bridgehead atoms. The summed E-state index contributed by atoms with van der Waals surface area (Å²) in [7, 11) is -0.549. The van der Waals surface area contributed by atoms with Gasteiger partial charge in [0.25, 0.3) is 0 Å². The first-order valence-corrected chi connectivity index (χ1v) is 6.15. The van der Waals surface area contributed by atoms with Crippen LogP contribution in [-0.4, -0.2) is 8.80 Å². The molecule has 1 aromatic carbocycles. The molecule has 0 unspecified atom stereocenters. The van der Waals surface area contributed by atoms with Crippen molar-refractivity contribution in [1.82, 2.24) is 0 Å². The van der Waals surface area contributed by atoms with Gasteiger partial charge in [0, 0.05) is 0 Å². The summed E-state index contributed by atoms with van der Waals surface area (Å²) in [6, 6.07) is 11.3. The smallest absolute Gasteiger partial charge is 0.0647 e. The second-order valence-corrected chi connectivity index (χ2v) is 5.46. The van der Waals surface area contributed by atoms with Gasteiger partial charge in [0.15, 0.2) is 0 Å². The molecule has 0 saturated carbocycles. The second kappa shape index (κ2) is 2.83. The van der Waals surface area contributed by atoms with Crippen LogP contribution < -0.4 is 5.19 Å². The van der Waals surface area contributed by atoms with Crippen molar-refractivity contribution < 1.29 is 0 Å². The van der Waals surface area contributed by atoms with Crippen LogP contribution in [0.4, 0.5) is 0 Å². The van der Waals surface area contributed by atoms with Crippen LogP contribution in [0.5, 0.6) is 0 Å². The highest BCUT2D eigenvalue weighted by Gasteiger charge is 1.95. The van der Waals surface area contributed by atoms with Gasteiger partial charge in [0.1, 0.15) is 0 Å². The standard InChI is InChI=1S/C8H11Si/c1-9(2)8-6-4-3-5-7-8/h4-7,9H,1-2H3. The molecule has 0 heterocycles. The van der Waals surface area contributed by atoms with Gasteiger partial charge >= 0.3 is 0 Å². The minimum atomic E-state index is -0.549. The Morgan fingerprint density at radius 1 is 1.22 bits per heavy atom. The molecule has 0 spiro atoms. The summed E-state index contributed by atoms with van der Waals surface area (Å²) in [5.74, 6) is 0. The van der Waals surface area contributed by atoms with Crippen molar-refractivity contribution in [2.75, 3.05) is 0 Å². The molecule has 1 rings (SSSR count). The summed E-state index contributed by atoms with van der Waals surface area (Å²) >= 11 is 0. The summed E-state index contributed by atoms with van der Waals surface area (Å²) in [6.07, 6.45) is 0. The molecule has 0 fully saturated rings. The van der Waals surface area contributed by atoms with Crippen molar-refractivity contribution in [2.24, 2.45) is 0 Å². The summed E-state index contributed by atoms with van der Waals surface area (Å²) in [5.41, 5.74) is 0. The maximum atomic E-state index is 3.01. The molecular weight excluding hydrogens is 124 g/mol. The summed E-state index contributed by atoms with van der Waals surface area (Å²) in [6.45, 7) is 4.66. The fourth-order valence-corrected chi connectivity index (χ4v) is 1.75. The quantitative estimate of drug-likeness (QED) is 0.507. The Morgan fingerprint density at radius 3 is 2.11 bits per heavy atom. The van der Waals surface area contributed by atoms with Crippen LogP contribution in [0, 0.1) is 6.07 Å². The molecule has 0 atom stereocenters. The molecule has 1 heteroatoms. The van der Waals surface area contributed by atoms with E-state index in [4.69, 9.17) is 0 Å². The number of hydrogen-bond acceptors (Lipinski definition) is 0. The van der Waals surface area contributed by atoms with Gasteiger partial charge in [-0.1, -0.05) is 42.5 Å². The van der Waals surface area contributed by atoms with E-state index >= 15 is 0 Å². The lowest BCUT2D eigenvalue weighted by atomic mass is 10.4. The van der Waals surface area contributed by atoms with Crippen LogP contribution in [-0.2, 0) is 0 Å². The first-order valence-electron chi connectivity index (χ1n) is 3.26. The zero-order chi connectivity index (χ0) is 6.69. The number of hydrogen-bond donors (Lipinski definition) is 0. The van der Waals surface area contributed by atoms with E-state index in [-0.39, 0.29) is 0 Å². The van der Waals surface area contributed by atoms with E-state index in [9.17, 15) is 0 Å². The highest BCUT2D eigenvalue weighted by Crippen LogP contribution is 1.85. The zero-order valence-electron chi connectivity index (χ0n) is 5.89. The van der Waals surface area contributed by atoms with Gasteiger partial charge in [0.2, 0.25) is 0 Å². The zero-order valence-corrected chi connectivity index (χ0v) is 7.04. The maximum Gasteiger partial charge on any atom is 0.0647 e. The molecule has 47 valence electrons. The van der Waals surface area contributed by atoms with E-state index in [1.165, 1.54) is 5.19 Å². The van der Waals surface area contributed by atoms with Gasteiger partial charge < -0.3 is 0 Å². The summed E-state index contributed by atoms with van der Waals surface area (Å²) in [5, 5.41) is 1.52. The SMILES string of the molecule is C[SiH](C)c1cc[c]cc1. The number of rotatable bonds is 1. The fourth-order valence-electron chi connectivity index (χ4n) is 0.785. The van der Waals surface area contributed by atoms with Crippen LogP contribution >= 0.6 is 0 Å². The van der Waals surface area contributed by atoms with Gasteiger partial charge in [-0.25, -0.2) is 0 Å². The lowest BCUT2D eigenvalue weighted by molar-refractivity contribution is 1.72. The van der Waals surface area contributed by atoms with Crippen LogP contribution in [0.3, 0.4) is 0 Å². The minimum Gasteiger partial charge on any atom is -0.0682 e. The third kappa shape index (κ3) is 1.68. The van der Waals surface area contributed by atoms with Gasteiger partial charge in [-0.05, 0) is 6.07 Å². The van der Waals surface area contributed by atoms with Crippen LogP contribution in [0.1, 0.15) is 0 Å². The van der Waals surface area contributed by atoms with E-state index in [1.807, 2.05) is 12.1 Å². The lowest BCUT2D eigenvalue weighted by Gasteiger charge is -1.99. The highest BCUT2D eigenvalue weighted by molar-refractivity contribution is 6.70. The van der Waals surface area contributed by atoms with E-state index in [2.05, 4.69) is 31.3 Å². The van der Waals surface area contributed by atoms with Crippen LogP contribution in [0.25, 0.3) is 0 Å². The normalized spacial score (nSPS) is 10.1. The van der Waals surface area contributed by atoms with Crippen LogP contribution in [0.2, 0.25) is 13.1 Å². The molecule has 0 aliphatic rings. The molecule has 0 aliphatic heterocycles. The van der Waals surface area contributed by atoms with E-state index in [1.54, 1.807) is 0 Å². The molecule has 0 amide bonds. The third-order valence-corrected chi connectivity index (χ3v) is 3.13. The summed E-state index contributed by atoms with van der Waals surface area (Å²) < 4.78 is 0. The second-order valence-electron chi connectivity index (χ2n) is 2.49. The van der Waals surface area contributed by atoms with Gasteiger partial charge in [-0.3, -0.25) is 0 Å². The van der Waals surface area contributed by atoms with Crippen molar-refractivity contribution in [3.8, 4) is 0 Å². The molecule has 0 aromatic heterocycles. The molecular formula is C8H11Si. The van der Waals surface area contributed by atoms with Crippen LogP contribution in [0.15, 0.2) is 24.3 Å². The Labute approximate surface area is 58.1 Å². The largest absolute Gasteiger partial charge is 0.0682 e. The Kier molecular flexibility index (Phi) is 2.06.